The molecular formula is C19H30F2N2O. The zero-order valence-corrected chi connectivity index (χ0v) is 15.4. The number of rotatable bonds is 5. The first-order chi connectivity index (χ1) is 11.4. The van der Waals surface area contributed by atoms with Crippen LogP contribution in [-0.4, -0.2) is 37.4 Å². The molecule has 1 fully saturated rings. The molecule has 1 heterocycles. The monoisotopic (exact) mass is 340 g/mol. The summed E-state index contributed by atoms with van der Waals surface area (Å²) in [5, 5.41) is 3.03. The summed E-state index contributed by atoms with van der Waals surface area (Å²) in [4.78, 5) is 14.2. The van der Waals surface area contributed by atoms with Crippen molar-refractivity contribution in [1.29, 1.82) is 0 Å². The van der Waals surface area contributed by atoms with Gasteiger partial charge in [-0.3, -0.25) is 0 Å². The molecule has 0 amide bonds. The van der Waals surface area contributed by atoms with E-state index in [2.05, 4.69) is 24.1 Å². The highest BCUT2D eigenvalue weighted by molar-refractivity contribution is 5.74. The van der Waals surface area contributed by atoms with E-state index < -0.39 is 11.8 Å². The summed E-state index contributed by atoms with van der Waals surface area (Å²) in [6.07, 6.45) is -0.244. The number of alkyl halides is 2. The van der Waals surface area contributed by atoms with E-state index in [0.29, 0.717) is 24.4 Å². The van der Waals surface area contributed by atoms with Gasteiger partial charge in [-0.25, -0.2) is 8.78 Å². The second kappa shape index (κ2) is 9.11. The van der Waals surface area contributed by atoms with Crippen molar-refractivity contribution < 1.29 is 13.6 Å². The van der Waals surface area contributed by atoms with Crippen molar-refractivity contribution in [3.63, 3.8) is 0 Å². The Morgan fingerprint density at radius 2 is 1.79 bits per heavy atom. The number of nitrogens with zero attached hydrogens (tertiary/aromatic N) is 1. The van der Waals surface area contributed by atoms with Crippen LogP contribution in [0.5, 0.6) is 0 Å². The lowest BCUT2D eigenvalue weighted by atomic mass is 9.72. The summed E-state index contributed by atoms with van der Waals surface area (Å²) >= 11 is 0. The molecule has 24 heavy (non-hydrogen) atoms. The second-order valence-corrected chi connectivity index (χ2v) is 6.26. The maximum atomic E-state index is 13.0. The molecule has 1 aliphatic rings. The average Bonchev–Trinajstić information content (AvgIpc) is 2.62. The summed E-state index contributed by atoms with van der Waals surface area (Å²) < 4.78 is 26.1. The van der Waals surface area contributed by atoms with Crippen LogP contribution in [0.3, 0.4) is 0 Å². The van der Waals surface area contributed by atoms with Crippen molar-refractivity contribution in [2.24, 2.45) is 0 Å². The van der Waals surface area contributed by atoms with Gasteiger partial charge in [-0.1, -0.05) is 19.9 Å². The Hall–Kier alpha value is -1.49. The number of hydrogen-bond acceptors (Lipinski definition) is 3. The van der Waals surface area contributed by atoms with Crippen LogP contribution in [-0.2, 0) is 10.2 Å². The van der Waals surface area contributed by atoms with Crippen LogP contribution >= 0.6 is 0 Å². The number of carbonyl (C=O) groups is 1. The highest BCUT2D eigenvalue weighted by Crippen LogP contribution is 2.39. The van der Waals surface area contributed by atoms with Gasteiger partial charge in [-0.05, 0) is 57.5 Å². The zero-order chi connectivity index (χ0) is 18.3. The molecule has 136 valence electrons. The fraction of sp³-hybridized carbons (Fsp3) is 0.632. The maximum Gasteiger partial charge on any atom is 0.263 e. The Labute approximate surface area is 144 Å². The predicted octanol–water partition coefficient (Wildman–Crippen LogP) is 4.63. The van der Waals surface area contributed by atoms with Crippen LogP contribution in [0.1, 0.15) is 58.1 Å². The van der Waals surface area contributed by atoms with Crippen molar-refractivity contribution in [3.8, 4) is 0 Å². The normalized spacial score (nSPS) is 17.4. The van der Waals surface area contributed by atoms with Gasteiger partial charge in [0.2, 0.25) is 0 Å². The molecule has 1 aromatic carbocycles. The van der Waals surface area contributed by atoms with Crippen molar-refractivity contribution in [3.05, 3.63) is 29.3 Å². The second-order valence-electron chi connectivity index (χ2n) is 6.26. The van der Waals surface area contributed by atoms with Crippen LogP contribution in [0.25, 0.3) is 0 Å². The van der Waals surface area contributed by atoms with E-state index in [9.17, 15) is 13.6 Å². The largest absolute Gasteiger partial charge is 0.388 e. The van der Waals surface area contributed by atoms with Crippen LogP contribution in [0, 0.1) is 0 Å². The molecule has 0 aromatic heterocycles. The summed E-state index contributed by atoms with van der Waals surface area (Å²) in [6, 6.07) is 5.00. The third kappa shape index (κ3) is 4.32. The minimum atomic E-state index is -2.52. The van der Waals surface area contributed by atoms with E-state index >= 15 is 0 Å². The van der Waals surface area contributed by atoms with E-state index in [1.165, 1.54) is 12.1 Å². The summed E-state index contributed by atoms with van der Waals surface area (Å²) in [5.41, 5.74) is 0.761. The average molecular weight is 340 g/mol. The lowest BCUT2D eigenvalue weighted by molar-refractivity contribution is -0.114. The van der Waals surface area contributed by atoms with Gasteiger partial charge < -0.3 is 15.0 Å². The first-order valence-electron chi connectivity index (χ1n) is 8.74. The van der Waals surface area contributed by atoms with Crippen molar-refractivity contribution in [1.82, 2.24) is 4.90 Å². The predicted molar refractivity (Wildman–Crippen MR) is 96.0 cm³/mol. The highest BCUT2D eigenvalue weighted by atomic mass is 19.3. The van der Waals surface area contributed by atoms with Gasteiger partial charge in [0.15, 0.2) is 0 Å². The van der Waals surface area contributed by atoms with E-state index in [0.717, 1.165) is 25.1 Å². The standard InChI is InChI=1S/C17H24F2N2O.C2H6/c1-12(2)21-8-6-17(11-22,7-9-21)14-10-13(16(18)19)4-5-15(14)20-3;1-2/h4-5,10-12,16,20H,6-9H2,1-3H3;1-2H3. The smallest absolute Gasteiger partial charge is 0.263 e. The van der Waals surface area contributed by atoms with E-state index in [4.69, 9.17) is 0 Å². The molecule has 1 saturated heterocycles. The molecule has 0 saturated carbocycles. The summed E-state index contributed by atoms with van der Waals surface area (Å²) in [5.74, 6) is 0. The first kappa shape index (κ1) is 20.6. The molecule has 5 heteroatoms. The van der Waals surface area contributed by atoms with E-state index in [1.807, 2.05) is 13.8 Å². The van der Waals surface area contributed by atoms with Gasteiger partial charge in [-0.15, -0.1) is 0 Å². The Bertz CT molecular complexity index is 524. The Kier molecular flexibility index (Phi) is 7.80. The molecule has 0 atom stereocenters. The third-order valence-corrected chi connectivity index (χ3v) is 4.75. The molecule has 0 aliphatic carbocycles. The maximum absolute atomic E-state index is 13.0. The Morgan fingerprint density at radius 1 is 1.21 bits per heavy atom. The number of hydrogen-bond donors (Lipinski definition) is 1. The quantitative estimate of drug-likeness (QED) is 0.793. The summed E-state index contributed by atoms with van der Waals surface area (Å²) in [6.45, 7) is 9.87. The minimum absolute atomic E-state index is 0.0264. The van der Waals surface area contributed by atoms with Gasteiger partial charge >= 0.3 is 0 Å². The molecule has 1 aliphatic heterocycles. The third-order valence-electron chi connectivity index (χ3n) is 4.75. The minimum Gasteiger partial charge on any atom is -0.388 e. The number of aldehydes is 1. The SMILES string of the molecule is CC.CNc1ccc(C(F)F)cc1C1(C=O)CCN(C(C)C)CC1. The molecular weight excluding hydrogens is 310 g/mol. The van der Waals surface area contributed by atoms with Gasteiger partial charge in [-0.2, -0.15) is 0 Å². The number of anilines is 1. The van der Waals surface area contributed by atoms with Crippen molar-refractivity contribution in [2.45, 2.75) is 58.4 Å². The van der Waals surface area contributed by atoms with Crippen molar-refractivity contribution in [2.75, 3.05) is 25.5 Å². The van der Waals surface area contributed by atoms with Gasteiger partial charge in [0.1, 0.15) is 6.29 Å². The Morgan fingerprint density at radius 3 is 2.21 bits per heavy atom. The Balaban J connectivity index is 0.00000139. The molecule has 1 aromatic rings. The van der Waals surface area contributed by atoms with Gasteiger partial charge in [0.25, 0.3) is 6.43 Å². The zero-order valence-electron chi connectivity index (χ0n) is 15.4. The molecule has 0 radical (unpaired) electrons. The number of carbonyl (C=O) groups excluding carboxylic acids is 1. The lowest BCUT2D eigenvalue weighted by Crippen LogP contribution is -2.46. The van der Waals surface area contributed by atoms with E-state index in [-0.39, 0.29) is 5.56 Å². The van der Waals surface area contributed by atoms with Gasteiger partial charge in [0, 0.05) is 24.3 Å². The molecule has 0 spiro atoms. The number of piperidine rings is 1. The number of likely N-dealkylation sites (tertiary alicyclic amines) is 1. The van der Waals surface area contributed by atoms with Crippen LogP contribution in [0.4, 0.5) is 14.5 Å². The van der Waals surface area contributed by atoms with E-state index in [1.54, 1.807) is 13.1 Å². The molecule has 1 N–H and O–H groups in total. The number of nitrogens with one attached hydrogen (secondary N) is 1. The highest BCUT2D eigenvalue weighted by Gasteiger charge is 2.38. The van der Waals surface area contributed by atoms with Crippen LogP contribution in [0.2, 0.25) is 0 Å². The first-order valence-corrected chi connectivity index (χ1v) is 8.74. The van der Waals surface area contributed by atoms with Crippen molar-refractivity contribution >= 4 is 12.0 Å². The number of benzene rings is 1. The fourth-order valence-corrected chi connectivity index (χ4v) is 3.22. The van der Waals surface area contributed by atoms with Crippen LogP contribution in [0.15, 0.2) is 18.2 Å². The summed E-state index contributed by atoms with van der Waals surface area (Å²) in [7, 11) is 1.75. The molecule has 2 rings (SSSR count). The topological polar surface area (TPSA) is 32.3 Å². The fourth-order valence-electron chi connectivity index (χ4n) is 3.22. The molecule has 0 bridgehead atoms. The lowest BCUT2D eigenvalue weighted by Gasteiger charge is -2.41. The van der Waals surface area contributed by atoms with Crippen LogP contribution < -0.4 is 5.32 Å². The van der Waals surface area contributed by atoms with Gasteiger partial charge in [0.05, 0.1) is 5.41 Å². The molecule has 0 unspecified atom stereocenters. The number of halogens is 2. The molecule has 3 nitrogen and oxygen atoms in total.